The Morgan fingerprint density at radius 3 is 2.68 bits per heavy atom. The average Bonchev–Trinajstić information content (AvgIpc) is 3.04. The van der Waals surface area contributed by atoms with Gasteiger partial charge in [-0.05, 0) is 31.5 Å². The van der Waals surface area contributed by atoms with Crippen LogP contribution in [0.1, 0.15) is 19.8 Å². The van der Waals surface area contributed by atoms with Crippen LogP contribution in [0.15, 0.2) is 24.3 Å². The van der Waals surface area contributed by atoms with Gasteiger partial charge < -0.3 is 19.7 Å². The number of methoxy groups -OCH3 is 1. The van der Waals surface area contributed by atoms with Crippen LogP contribution < -0.4 is 14.8 Å². The fraction of sp³-hybridized carbons (Fsp3) is 0.562. The number of rotatable bonds is 7. The molecule has 124 valence electrons. The van der Waals surface area contributed by atoms with Gasteiger partial charge in [-0.2, -0.15) is 0 Å². The van der Waals surface area contributed by atoms with Gasteiger partial charge in [-0.1, -0.05) is 19.1 Å². The standard InChI is InChI=1S/C16H24N2O3.ClH/c1-3-10-18(13-8-9-17-11-13)16(19)12-21-15-7-5-4-6-14(15)20-2;/h4-7,13,17H,3,8-12H2,1-2H3;1H. The Morgan fingerprint density at radius 2 is 2.09 bits per heavy atom. The maximum absolute atomic E-state index is 12.4. The van der Waals surface area contributed by atoms with E-state index in [-0.39, 0.29) is 24.9 Å². The third-order valence-electron chi connectivity index (χ3n) is 3.68. The molecule has 1 fully saturated rings. The molecule has 1 aliphatic heterocycles. The minimum Gasteiger partial charge on any atom is -0.493 e. The van der Waals surface area contributed by atoms with Crippen LogP contribution in [-0.4, -0.2) is 50.2 Å². The highest BCUT2D eigenvalue weighted by Crippen LogP contribution is 2.25. The summed E-state index contributed by atoms with van der Waals surface area (Å²) in [5, 5.41) is 3.30. The Labute approximate surface area is 138 Å². The van der Waals surface area contributed by atoms with Crippen LogP contribution in [0.2, 0.25) is 0 Å². The van der Waals surface area contributed by atoms with Crippen molar-refractivity contribution in [1.82, 2.24) is 10.2 Å². The van der Waals surface area contributed by atoms with Gasteiger partial charge in [-0.15, -0.1) is 12.4 Å². The van der Waals surface area contributed by atoms with Crippen LogP contribution in [0.25, 0.3) is 0 Å². The predicted octanol–water partition coefficient (Wildman–Crippen LogP) is 2.10. The molecule has 0 bridgehead atoms. The minimum atomic E-state index is 0. The fourth-order valence-electron chi connectivity index (χ4n) is 2.62. The fourth-order valence-corrected chi connectivity index (χ4v) is 2.62. The van der Waals surface area contributed by atoms with Gasteiger partial charge in [0.2, 0.25) is 0 Å². The van der Waals surface area contributed by atoms with E-state index in [1.807, 2.05) is 29.2 Å². The lowest BCUT2D eigenvalue weighted by molar-refractivity contribution is -0.135. The summed E-state index contributed by atoms with van der Waals surface area (Å²) in [5.41, 5.74) is 0. The molecule has 1 N–H and O–H groups in total. The summed E-state index contributed by atoms with van der Waals surface area (Å²) in [6.07, 6.45) is 1.97. The zero-order valence-corrected chi connectivity index (χ0v) is 14.0. The summed E-state index contributed by atoms with van der Waals surface area (Å²) in [5.74, 6) is 1.29. The molecule has 22 heavy (non-hydrogen) atoms. The first-order valence-electron chi connectivity index (χ1n) is 7.52. The Hall–Kier alpha value is -1.46. The summed E-state index contributed by atoms with van der Waals surface area (Å²) in [6, 6.07) is 7.67. The summed E-state index contributed by atoms with van der Waals surface area (Å²) in [4.78, 5) is 14.4. The van der Waals surface area contributed by atoms with Gasteiger partial charge >= 0.3 is 0 Å². The molecule has 2 rings (SSSR count). The molecule has 1 unspecified atom stereocenters. The number of carbonyl (C=O) groups is 1. The largest absolute Gasteiger partial charge is 0.493 e. The molecular formula is C16H25ClN2O3. The number of benzene rings is 1. The van der Waals surface area contributed by atoms with Crippen LogP contribution in [0.4, 0.5) is 0 Å². The maximum Gasteiger partial charge on any atom is 0.260 e. The molecule has 1 aliphatic rings. The first kappa shape index (κ1) is 18.6. The molecule has 0 aromatic heterocycles. The monoisotopic (exact) mass is 328 g/mol. The summed E-state index contributed by atoms with van der Waals surface area (Å²) >= 11 is 0. The van der Waals surface area contributed by atoms with E-state index in [1.165, 1.54) is 0 Å². The lowest BCUT2D eigenvalue weighted by atomic mass is 10.2. The van der Waals surface area contributed by atoms with E-state index < -0.39 is 0 Å². The van der Waals surface area contributed by atoms with Crippen molar-refractivity contribution < 1.29 is 14.3 Å². The van der Waals surface area contributed by atoms with E-state index in [9.17, 15) is 4.79 Å². The van der Waals surface area contributed by atoms with Gasteiger partial charge in [-0.25, -0.2) is 0 Å². The molecule has 0 spiro atoms. The third kappa shape index (κ3) is 4.78. The molecule has 5 nitrogen and oxygen atoms in total. The lowest BCUT2D eigenvalue weighted by Gasteiger charge is -2.28. The topological polar surface area (TPSA) is 50.8 Å². The van der Waals surface area contributed by atoms with Crippen molar-refractivity contribution in [3.63, 3.8) is 0 Å². The van der Waals surface area contributed by atoms with Gasteiger partial charge in [0.25, 0.3) is 5.91 Å². The van der Waals surface area contributed by atoms with Crippen LogP contribution in [0.3, 0.4) is 0 Å². The van der Waals surface area contributed by atoms with Crippen molar-refractivity contribution in [3.05, 3.63) is 24.3 Å². The highest BCUT2D eigenvalue weighted by atomic mass is 35.5. The molecule has 1 heterocycles. The number of nitrogens with zero attached hydrogens (tertiary/aromatic N) is 1. The molecular weight excluding hydrogens is 304 g/mol. The van der Waals surface area contributed by atoms with E-state index >= 15 is 0 Å². The molecule has 1 aromatic rings. The SMILES string of the molecule is CCCN(C(=O)COc1ccccc1OC)C1CCNC1.Cl. The second kappa shape index (κ2) is 9.54. The van der Waals surface area contributed by atoms with Crippen LogP contribution in [-0.2, 0) is 4.79 Å². The van der Waals surface area contributed by atoms with E-state index in [1.54, 1.807) is 7.11 Å². The van der Waals surface area contributed by atoms with Gasteiger partial charge in [0, 0.05) is 19.1 Å². The summed E-state index contributed by atoms with van der Waals surface area (Å²) in [7, 11) is 1.59. The molecule has 1 amide bonds. The first-order valence-corrected chi connectivity index (χ1v) is 7.52. The maximum atomic E-state index is 12.4. The van der Waals surface area contributed by atoms with Gasteiger partial charge in [0.05, 0.1) is 7.11 Å². The van der Waals surface area contributed by atoms with Crippen molar-refractivity contribution in [3.8, 4) is 11.5 Å². The quantitative estimate of drug-likeness (QED) is 0.832. The first-order chi connectivity index (χ1) is 10.3. The highest BCUT2D eigenvalue weighted by Gasteiger charge is 2.26. The summed E-state index contributed by atoms with van der Waals surface area (Å²) in [6.45, 7) is 4.77. The zero-order valence-electron chi connectivity index (χ0n) is 13.2. The lowest BCUT2D eigenvalue weighted by Crippen LogP contribution is -2.44. The average molecular weight is 329 g/mol. The molecule has 1 saturated heterocycles. The van der Waals surface area contributed by atoms with E-state index in [0.717, 1.165) is 32.5 Å². The molecule has 1 aromatic carbocycles. The summed E-state index contributed by atoms with van der Waals surface area (Å²) < 4.78 is 10.9. The zero-order chi connectivity index (χ0) is 15.1. The van der Waals surface area contributed by atoms with E-state index in [0.29, 0.717) is 17.5 Å². The number of para-hydroxylation sites is 2. The van der Waals surface area contributed by atoms with E-state index in [2.05, 4.69) is 12.2 Å². The molecule has 6 heteroatoms. The van der Waals surface area contributed by atoms with Crippen LogP contribution in [0, 0.1) is 0 Å². The second-order valence-electron chi connectivity index (χ2n) is 5.17. The van der Waals surface area contributed by atoms with Crippen LogP contribution in [0.5, 0.6) is 11.5 Å². The van der Waals surface area contributed by atoms with Crippen molar-refractivity contribution in [2.24, 2.45) is 0 Å². The Kier molecular flexibility index (Phi) is 8.06. The smallest absolute Gasteiger partial charge is 0.260 e. The van der Waals surface area contributed by atoms with Crippen molar-refractivity contribution in [2.75, 3.05) is 33.4 Å². The molecule has 0 aliphatic carbocycles. The number of carbonyl (C=O) groups excluding carboxylic acids is 1. The number of ether oxygens (including phenoxy) is 2. The number of nitrogens with one attached hydrogen (secondary N) is 1. The Balaban J connectivity index is 0.00000242. The number of amides is 1. The Morgan fingerprint density at radius 1 is 1.36 bits per heavy atom. The van der Waals surface area contributed by atoms with Crippen molar-refractivity contribution >= 4 is 18.3 Å². The number of hydrogen-bond acceptors (Lipinski definition) is 4. The molecule has 0 saturated carbocycles. The highest BCUT2D eigenvalue weighted by molar-refractivity contribution is 5.85. The van der Waals surface area contributed by atoms with Gasteiger partial charge in [-0.3, -0.25) is 4.79 Å². The second-order valence-corrected chi connectivity index (χ2v) is 5.17. The van der Waals surface area contributed by atoms with E-state index in [4.69, 9.17) is 9.47 Å². The normalized spacial score (nSPS) is 16.7. The third-order valence-corrected chi connectivity index (χ3v) is 3.68. The van der Waals surface area contributed by atoms with Crippen molar-refractivity contribution in [1.29, 1.82) is 0 Å². The minimum absolute atomic E-state index is 0. The molecule has 0 radical (unpaired) electrons. The molecule has 1 atom stereocenters. The number of halogens is 1. The van der Waals surface area contributed by atoms with Crippen LogP contribution >= 0.6 is 12.4 Å². The van der Waals surface area contributed by atoms with Gasteiger partial charge in [0.1, 0.15) is 0 Å². The number of hydrogen-bond donors (Lipinski definition) is 1. The van der Waals surface area contributed by atoms with Gasteiger partial charge in [0.15, 0.2) is 18.1 Å². The Bertz CT molecular complexity index is 464. The van der Waals surface area contributed by atoms with Crippen molar-refractivity contribution in [2.45, 2.75) is 25.8 Å². The predicted molar refractivity (Wildman–Crippen MR) is 89.0 cm³/mol.